The molecule has 1 fully saturated rings. The number of benzene rings is 2. The molecule has 0 radical (unpaired) electrons. The first-order chi connectivity index (χ1) is 13.6. The lowest BCUT2D eigenvalue weighted by Crippen LogP contribution is -2.39. The standard InChI is InChI=1S/C23H32N2O3/c1-24(14-18-7-5-4-6-8-18)16-21(26)17-25(20-9-10-20)15-19-13-22(27-2)11-12-23(19)28-3/h4-8,11-13,20-21,26H,9-10,14-17H2,1-3H3. The molecule has 152 valence electrons. The topological polar surface area (TPSA) is 45.2 Å². The van der Waals surface area contributed by atoms with Gasteiger partial charge in [-0.1, -0.05) is 30.3 Å². The maximum Gasteiger partial charge on any atom is 0.123 e. The molecule has 0 heterocycles. The van der Waals surface area contributed by atoms with Gasteiger partial charge >= 0.3 is 0 Å². The zero-order chi connectivity index (χ0) is 19.9. The number of likely N-dealkylation sites (N-methyl/N-ethyl adjacent to an activating group) is 1. The van der Waals surface area contributed by atoms with Crippen molar-refractivity contribution >= 4 is 0 Å². The predicted octanol–water partition coefficient (Wildman–Crippen LogP) is 3.16. The lowest BCUT2D eigenvalue weighted by Gasteiger charge is -2.28. The van der Waals surface area contributed by atoms with E-state index in [4.69, 9.17) is 9.47 Å². The Morgan fingerprint density at radius 1 is 1.00 bits per heavy atom. The number of rotatable bonds is 11. The third kappa shape index (κ3) is 5.96. The second-order valence-electron chi connectivity index (χ2n) is 7.67. The first-order valence-electron chi connectivity index (χ1n) is 9.94. The zero-order valence-corrected chi connectivity index (χ0v) is 17.2. The third-order valence-electron chi connectivity index (χ3n) is 5.19. The van der Waals surface area contributed by atoms with Crippen LogP contribution >= 0.6 is 0 Å². The van der Waals surface area contributed by atoms with Crippen LogP contribution in [-0.2, 0) is 13.1 Å². The minimum absolute atomic E-state index is 0.397. The van der Waals surface area contributed by atoms with E-state index in [-0.39, 0.29) is 0 Å². The molecule has 0 aromatic heterocycles. The van der Waals surface area contributed by atoms with Crippen molar-refractivity contribution in [3.05, 3.63) is 59.7 Å². The van der Waals surface area contributed by atoms with Crippen LogP contribution in [0.15, 0.2) is 48.5 Å². The molecule has 1 atom stereocenters. The summed E-state index contributed by atoms with van der Waals surface area (Å²) in [6.45, 7) is 2.90. The molecule has 5 heteroatoms. The summed E-state index contributed by atoms with van der Waals surface area (Å²) in [7, 11) is 5.43. The van der Waals surface area contributed by atoms with Crippen LogP contribution in [-0.4, -0.2) is 61.4 Å². The molecule has 0 saturated heterocycles. The van der Waals surface area contributed by atoms with Crippen LogP contribution in [0.25, 0.3) is 0 Å². The fourth-order valence-corrected chi connectivity index (χ4v) is 3.65. The van der Waals surface area contributed by atoms with Crippen LogP contribution in [0.1, 0.15) is 24.0 Å². The summed E-state index contributed by atoms with van der Waals surface area (Å²) < 4.78 is 10.9. The molecule has 28 heavy (non-hydrogen) atoms. The Bertz CT molecular complexity index is 734. The lowest BCUT2D eigenvalue weighted by molar-refractivity contribution is 0.0734. The largest absolute Gasteiger partial charge is 0.497 e. The first kappa shape index (κ1) is 20.6. The quantitative estimate of drug-likeness (QED) is 0.645. The summed E-state index contributed by atoms with van der Waals surface area (Å²) in [6.07, 6.45) is 1.99. The minimum Gasteiger partial charge on any atom is -0.497 e. The Morgan fingerprint density at radius 3 is 2.39 bits per heavy atom. The number of aliphatic hydroxyl groups is 1. The Hall–Kier alpha value is -2.08. The predicted molar refractivity (Wildman–Crippen MR) is 112 cm³/mol. The van der Waals surface area contributed by atoms with Crippen LogP contribution in [0.4, 0.5) is 0 Å². The van der Waals surface area contributed by atoms with Crippen molar-refractivity contribution in [3.63, 3.8) is 0 Å². The fourth-order valence-electron chi connectivity index (χ4n) is 3.65. The average Bonchev–Trinajstić information content (AvgIpc) is 3.53. The highest BCUT2D eigenvalue weighted by molar-refractivity contribution is 5.40. The number of hydrogen-bond acceptors (Lipinski definition) is 5. The van der Waals surface area contributed by atoms with E-state index in [0.717, 1.165) is 30.2 Å². The van der Waals surface area contributed by atoms with Gasteiger partial charge in [0, 0.05) is 37.8 Å². The molecule has 2 aromatic carbocycles. The number of ether oxygens (including phenoxy) is 2. The molecule has 0 amide bonds. The molecular formula is C23H32N2O3. The zero-order valence-electron chi connectivity index (χ0n) is 17.2. The van der Waals surface area contributed by atoms with Gasteiger partial charge in [-0.3, -0.25) is 9.80 Å². The van der Waals surface area contributed by atoms with Crippen molar-refractivity contribution in [2.24, 2.45) is 0 Å². The van der Waals surface area contributed by atoms with Crippen molar-refractivity contribution in [2.45, 2.75) is 38.1 Å². The van der Waals surface area contributed by atoms with Crippen LogP contribution in [0.3, 0.4) is 0 Å². The molecule has 0 bridgehead atoms. The summed E-state index contributed by atoms with van der Waals surface area (Å²) in [6, 6.07) is 16.8. The van der Waals surface area contributed by atoms with Gasteiger partial charge in [0.2, 0.25) is 0 Å². The monoisotopic (exact) mass is 384 g/mol. The Balaban J connectivity index is 1.59. The van der Waals surface area contributed by atoms with E-state index in [0.29, 0.717) is 19.1 Å². The molecule has 3 rings (SSSR count). The second-order valence-corrected chi connectivity index (χ2v) is 7.67. The van der Waals surface area contributed by atoms with Gasteiger partial charge in [0.15, 0.2) is 0 Å². The summed E-state index contributed by atoms with van der Waals surface area (Å²) in [4.78, 5) is 4.55. The van der Waals surface area contributed by atoms with Gasteiger partial charge in [-0.2, -0.15) is 0 Å². The van der Waals surface area contributed by atoms with Crippen molar-refractivity contribution in [1.82, 2.24) is 9.80 Å². The summed E-state index contributed by atoms with van der Waals surface area (Å²) in [5.41, 5.74) is 2.36. The molecule has 0 aliphatic heterocycles. The molecule has 1 unspecified atom stereocenters. The van der Waals surface area contributed by atoms with E-state index in [2.05, 4.69) is 41.1 Å². The second kappa shape index (κ2) is 9.92. The van der Waals surface area contributed by atoms with Gasteiger partial charge < -0.3 is 14.6 Å². The molecular weight excluding hydrogens is 352 g/mol. The maximum atomic E-state index is 10.7. The number of aliphatic hydroxyl groups excluding tert-OH is 1. The van der Waals surface area contributed by atoms with Gasteiger partial charge in [0.1, 0.15) is 11.5 Å². The smallest absolute Gasteiger partial charge is 0.123 e. The molecule has 2 aromatic rings. The normalized spacial score (nSPS) is 15.1. The van der Waals surface area contributed by atoms with Gasteiger partial charge in [0.25, 0.3) is 0 Å². The Kier molecular flexibility index (Phi) is 7.31. The number of hydrogen-bond donors (Lipinski definition) is 1. The van der Waals surface area contributed by atoms with E-state index >= 15 is 0 Å². The number of methoxy groups -OCH3 is 2. The number of nitrogens with zero attached hydrogens (tertiary/aromatic N) is 2. The van der Waals surface area contributed by atoms with Gasteiger partial charge in [-0.15, -0.1) is 0 Å². The van der Waals surface area contributed by atoms with E-state index in [1.165, 1.54) is 18.4 Å². The maximum absolute atomic E-state index is 10.7. The third-order valence-corrected chi connectivity index (χ3v) is 5.19. The summed E-state index contributed by atoms with van der Waals surface area (Å²) in [5, 5.41) is 10.7. The molecule has 1 saturated carbocycles. The van der Waals surface area contributed by atoms with Gasteiger partial charge in [-0.25, -0.2) is 0 Å². The molecule has 0 spiro atoms. The highest BCUT2D eigenvalue weighted by Crippen LogP contribution is 2.32. The van der Waals surface area contributed by atoms with Crippen LogP contribution in [0.2, 0.25) is 0 Å². The molecule has 1 aliphatic rings. The van der Waals surface area contributed by atoms with Crippen molar-refractivity contribution in [3.8, 4) is 11.5 Å². The van der Waals surface area contributed by atoms with Crippen molar-refractivity contribution in [2.75, 3.05) is 34.4 Å². The SMILES string of the molecule is COc1ccc(OC)c(CN(CC(O)CN(C)Cc2ccccc2)C2CC2)c1. The highest BCUT2D eigenvalue weighted by atomic mass is 16.5. The Morgan fingerprint density at radius 2 is 1.75 bits per heavy atom. The summed E-state index contributed by atoms with van der Waals surface area (Å²) >= 11 is 0. The van der Waals surface area contributed by atoms with E-state index in [1.54, 1.807) is 14.2 Å². The minimum atomic E-state index is -0.397. The first-order valence-corrected chi connectivity index (χ1v) is 9.94. The van der Waals surface area contributed by atoms with Gasteiger partial charge in [0.05, 0.1) is 20.3 Å². The van der Waals surface area contributed by atoms with Crippen molar-refractivity contribution in [1.29, 1.82) is 0 Å². The fraction of sp³-hybridized carbons (Fsp3) is 0.478. The van der Waals surface area contributed by atoms with Gasteiger partial charge in [-0.05, 0) is 43.7 Å². The summed E-state index contributed by atoms with van der Waals surface area (Å²) in [5.74, 6) is 1.69. The highest BCUT2D eigenvalue weighted by Gasteiger charge is 2.31. The van der Waals surface area contributed by atoms with E-state index in [9.17, 15) is 5.11 Å². The van der Waals surface area contributed by atoms with Crippen LogP contribution in [0.5, 0.6) is 11.5 Å². The average molecular weight is 385 g/mol. The van der Waals surface area contributed by atoms with Crippen molar-refractivity contribution < 1.29 is 14.6 Å². The van der Waals surface area contributed by atoms with Crippen LogP contribution < -0.4 is 9.47 Å². The molecule has 1 aliphatic carbocycles. The molecule has 5 nitrogen and oxygen atoms in total. The Labute approximate surface area is 168 Å². The lowest BCUT2D eigenvalue weighted by atomic mass is 10.1. The van der Waals surface area contributed by atoms with Crippen LogP contribution in [0, 0.1) is 0 Å². The molecule has 1 N–H and O–H groups in total. The van der Waals surface area contributed by atoms with E-state index in [1.807, 2.05) is 24.3 Å². The van der Waals surface area contributed by atoms with E-state index < -0.39 is 6.10 Å².